The van der Waals surface area contributed by atoms with Gasteiger partial charge in [-0.3, -0.25) is 9.59 Å². The summed E-state index contributed by atoms with van der Waals surface area (Å²) < 4.78 is 11.4. The van der Waals surface area contributed by atoms with Gasteiger partial charge in [-0.25, -0.2) is 4.79 Å². The maximum absolute atomic E-state index is 12.9. The summed E-state index contributed by atoms with van der Waals surface area (Å²) in [6.45, 7) is 8.47. The van der Waals surface area contributed by atoms with Crippen molar-refractivity contribution < 1.29 is 23.9 Å². The van der Waals surface area contributed by atoms with Gasteiger partial charge in [0.2, 0.25) is 6.41 Å². The second-order valence-electron chi connectivity index (χ2n) is 11.5. The van der Waals surface area contributed by atoms with Crippen molar-refractivity contribution in [3.8, 4) is 0 Å². The van der Waals surface area contributed by atoms with Gasteiger partial charge in [-0.05, 0) is 31.6 Å². The number of rotatable bonds is 25. The Morgan fingerprint density at radius 3 is 1.95 bits per heavy atom. The van der Waals surface area contributed by atoms with Crippen molar-refractivity contribution in [3.63, 3.8) is 0 Å². The summed E-state index contributed by atoms with van der Waals surface area (Å²) in [5.74, 6) is -0.300. The lowest BCUT2D eigenvalue weighted by Gasteiger charge is -2.37. The molecule has 216 valence electrons. The molecule has 6 heteroatoms. The van der Waals surface area contributed by atoms with Gasteiger partial charge in [0.05, 0.1) is 5.92 Å². The first-order chi connectivity index (χ1) is 17.9. The predicted octanol–water partition coefficient (Wildman–Crippen LogP) is 7.66. The zero-order chi connectivity index (χ0) is 27.3. The highest BCUT2D eigenvalue weighted by Gasteiger charge is 2.43. The van der Waals surface area contributed by atoms with E-state index in [9.17, 15) is 14.4 Å². The second kappa shape index (κ2) is 21.4. The Hall–Kier alpha value is -1.59. The summed E-state index contributed by atoms with van der Waals surface area (Å²) in [6.07, 6.45) is 21.3. The van der Waals surface area contributed by atoms with Crippen LogP contribution in [0.15, 0.2) is 0 Å². The van der Waals surface area contributed by atoms with E-state index in [0.717, 1.165) is 38.5 Å². The molecule has 1 aliphatic rings. The van der Waals surface area contributed by atoms with Crippen LogP contribution < -0.4 is 5.32 Å². The molecule has 0 aromatic heterocycles. The Morgan fingerprint density at radius 2 is 1.43 bits per heavy atom. The fourth-order valence-corrected chi connectivity index (χ4v) is 5.26. The third-order valence-electron chi connectivity index (χ3n) is 7.56. The van der Waals surface area contributed by atoms with Crippen molar-refractivity contribution in [2.24, 2.45) is 11.8 Å². The van der Waals surface area contributed by atoms with Crippen LogP contribution in [0.5, 0.6) is 0 Å². The molecule has 4 atom stereocenters. The van der Waals surface area contributed by atoms with Crippen LogP contribution in [0.25, 0.3) is 0 Å². The van der Waals surface area contributed by atoms with Crippen LogP contribution in [0.2, 0.25) is 0 Å². The largest absolute Gasteiger partial charge is 0.461 e. The average Bonchev–Trinajstić information content (AvgIpc) is 2.86. The van der Waals surface area contributed by atoms with Gasteiger partial charge in [0, 0.05) is 6.42 Å². The number of unbranched alkanes of at least 4 members (excludes halogenated alkanes) is 13. The van der Waals surface area contributed by atoms with Gasteiger partial charge in [-0.15, -0.1) is 0 Å². The minimum atomic E-state index is -0.633. The van der Waals surface area contributed by atoms with Gasteiger partial charge in [0.1, 0.15) is 18.2 Å². The molecule has 1 saturated heterocycles. The Kier molecular flexibility index (Phi) is 19.3. The number of cyclic esters (lactones) is 1. The molecule has 0 saturated carbocycles. The van der Waals surface area contributed by atoms with Crippen LogP contribution in [0.4, 0.5) is 0 Å². The first kappa shape index (κ1) is 33.4. The van der Waals surface area contributed by atoms with Gasteiger partial charge in [-0.1, -0.05) is 118 Å². The monoisotopic (exact) mass is 523 g/mol. The van der Waals surface area contributed by atoms with E-state index in [2.05, 4.69) is 19.2 Å². The molecular formula is C31H57NO5. The van der Waals surface area contributed by atoms with E-state index in [4.69, 9.17) is 9.47 Å². The smallest absolute Gasteiger partial charge is 0.328 e. The van der Waals surface area contributed by atoms with Crippen molar-refractivity contribution in [2.45, 2.75) is 168 Å². The van der Waals surface area contributed by atoms with E-state index in [0.29, 0.717) is 19.3 Å². The number of carbonyl (C=O) groups excluding carboxylic acids is 3. The van der Waals surface area contributed by atoms with E-state index in [1.54, 1.807) is 0 Å². The van der Waals surface area contributed by atoms with Crippen LogP contribution in [-0.4, -0.2) is 36.6 Å². The lowest BCUT2D eigenvalue weighted by molar-refractivity contribution is -0.190. The first-order valence-corrected chi connectivity index (χ1v) is 15.5. The molecule has 0 aromatic carbocycles. The minimum absolute atomic E-state index is 0.0741. The van der Waals surface area contributed by atoms with Gasteiger partial charge in [-0.2, -0.15) is 0 Å². The van der Waals surface area contributed by atoms with E-state index < -0.39 is 6.04 Å². The third kappa shape index (κ3) is 15.4. The molecule has 0 bridgehead atoms. The highest BCUT2D eigenvalue weighted by Crippen LogP contribution is 2.32. The molecule has 1 N–H and O–H groups in total. The van der Waals surface area contributed by atoms with Gasteiger partial charge in [0.15, 0.2) is 0 Å². The predicted molar refractivity (Wildman–Crippen MR) is 150 cm³/mol. The van der Waals surface area contributed by atoms with Gasteiger partial charge >= 0.3 is 11.9 Å². The van der Waals surface area contributed by atoms with Crippen LogP contribution in [0, 0.1) is 11.8 Å². The van der Waals surface area contributed by atoms with Crippen molar-refractivity contribution in [2.75, 3.05) is 0 Å². The zero-order valence-corrected chi connectivity index (χ0v) is 24.4. The maximum atomic E-state index is 12.9. The number of carbonyl (C=O) groups is 3. The third-order valence-corrected chi connectivity index (χ3v) is 7.56. The SMILES string of the molecule is CCCCCCCCCCCCCC(CC1OC(=O)C1CCCCCC)OC(=O)C(CC(C)C)NC=O. The van der Waals surface area contributed by atoms with E-state index in [-0.39, 0.29) is 36.0 Å². The Balaban J connectivity index is 2.52. The zero-order valence-electron chi connectivity index (χ0n) is 24.4. The minimum Gasteiger partial charge on any atom is -0.461 e. The number of amides is 1. The molecule has 4 unspecified atom stereocenters. The van der Waals surface area contributed by atoms with Crippen molar-refractivity contribution >= 4 is 18.3 Å². The Morgan fingerprint density at radius 1 is 0.892 bits per heavy atom. The Bertz CT molecular complexity index is 608. The summed E-state index contributed by atoms with van der Waals surface area (Å²) >= 11 is 0. The fourth-order valence-electron chi connectivity index (χ4n) is 5.26. The second-order valence-corrected chi connectivity index (χ2v) is 11.5. The molecule has 1 fully saturated rings. The molecule has 0 aromatic rings. The molecule has 0 aliphatic carbocycles. The number of ether oxygens (including phenoxy) is 2. The van der Waals surface area contributed by atoms with E-state index in [1.807, 2.05) is 13.8 Å². The van der Waals surface area contributed by atoms with Crippen molar-refractivity contribution in [1.82, 2.24) is 5.32 Å². The molecule has 1 heterocycles. The fraction of sp³-hybridized carbons (Fsp3) is 0.903. The summed E-state index contributed by atoms with van der Waals surface area (Å²) in [5, 5.41) is 2.63. The van der Waals surface area contributed by atoms with Crippen LogP contribution in [0.3, 0.4) is 0 Å². The highest BCUT2D eigenvalue weighted by molar-refractivity contribution is 5.79. The molecule has 1 amide bonds. The molecular weight excluding hydrogens is 466 g/mol. The quantitative estimate of drug-likeness (QED) is 0.0754. The maximum Gasteiger partial charge on any atom is 0.328 e. The average molecular weight is 524 g/mol. The summed E-state index contributed by atoms with van der Waals surface area (Å²) in [5.41, 5.74) is 0. The number of hydrogen-bond donors (Lipinski definition) is 1. The lowest BCUT2D eigenvalue weighted by atomic mass is 9.86. The topological polar surface area (TPSA) is 81.7 Å². The van der Waals surface area contributed by atoms with E-state index >= 15 is 0 Å². The lowest BCUT2D eigenvalue weighted by Crippen LogP contribution is -2.48. The first-order valence-electron chi connectivity index (χ1n) is 15.5. The molecule has 1 rings (SSSR count). The molecule has 6 nitrogen and oxygen atoms in total. The normalized spacial score (nSPS) is 18.7. The summed E-state index contributed by atoms with van der Waals surface area (Å²) in [6, 6.07) is -0.633. The number of nitrogens with one attached hydrogen (secondary N) is 1. The van der Waals surface area contributed by atoms with Crippen molar-refractivity contribution in [3.05, 3.63) is 0 Å². The van der Waals surface area contributed by atoms with Crippen LogP contribution in [-0.2, 0) is 23.9 Å². The van der Waals surface area contributed by atoms with E-state index in [1.165, 1.54) is 70.6 Å². The van der Waals surface area contributed by atoms with Gasteiger partial charge in [0.25, 0.3) is 0 Å². The van der Waals surface area contributed by atoms with Crippen LogP contribution in [0.1, 0.15) is 150 Å². The van der Waals surface area contributed by atoms with Crippen LogP contribution >= 0.6 is 0 Å². The summed E-state index contributed by atoms with van der Waals surface area (Å²) in [4.78, 5) is 36.1. The Labute approximate surface area is 227 Å². The van der Waals surface area contributed by atoms with Crippen molar-refractivity contribution in [1.29, 1.82) is 0 Å². The summed E-state index contributed by atoms with van der Waals surface area (Å²) in [7, 11) is 0. The highest BCUT2D eigenvalue weighted by atomic mass is 16.6. The molecule has 0 radical (unpaired) electrons. The number of esters is 2. The molecule has 0 spiro atoms. The molecule has 37 heavy (non-hydrogen) atoms. The standard InChI is InChI=1S/C31H57NO5/c1-5-7-9-11-12-13-14-15-16-17-18-20-26(36-31(35)28(32-24-33)22-25(3)4)23-29-27(30(34)37-29)21-19-10-8-6-2/h24-29H,5-23H2,1-4H3,(H,32,33). The molecule has 1 aliphatic heterocycles. The van der Waals surface area contributed by atoms with Gasteiger partial charge < -0.3 is 14.8 Å². The number of hydrogen-bond acceptors (Lipinski definition) is 5.